The maximum atomic E-state index is 11.7. The summed E-state index contributed by atoms with van der Waals surface area (Å²) in [6.45, 7) is 0.400. The minimum absolute atomic E-state index is 0.235. The summed E-state index contributed by atoms with van der Waals surface area (Å²) < 4.78 is 0.920. The van der Waals surface area contributed by atoms with Gasteiger partial charge in [-0.2, -0.15) is 0 Å². The van der Waals surface area contributed by atoms with Gasteiger partial charge in [0, 0.05) is 16.7 Å². The first-order valence-corrected chi connectivity index (χ1v) is 5.90. The molecule has 0 bridgehead atoms. The van der Waals surface area contributed by atoms with Gasteiger partial charge in [-0.05, 0) is 23.8 Å². The number of rotatable bonds is 2. The summed E-state index contributed by atoms with van der Waals surface area (Å²) in [6, 6.07) is 4.84. The molecular weight excluding hydrogens is 288 g/mol. The lowest BCUT2D eigenvalue weighted by Gasteiger charge is -2.14. The van der Waals surface area contributed by atoms with Gasteiger partial charge in [-0.3, -0.25) is 9.59 Å². The molecule has 1 aliphatic heterocycles. The Hall–Kier alpha value is -1.56. The van der Waals surface area contributed by atoms with Gasteiger partial charge in [0.05, 0.1) is 6.42 Å². The number of carbonyl (C=O) groups excluding carboxylic acids is 1. The second-order valence-electron chi connectivity index (χ2n) is 3.81. The highest BCUT2D eigenvalue weighted by molar-refractivity contribution is 9.10. The van der Waals surface area contributed by atoms with E-state index in [2.05, 4.69) is 26.6 Å². The SMILES string of the molecule is O=C(O)CC1Nc2ccc(Br)cc2CNC1=O. The van der Waals surface area contributed by atoms with E-state index in [0.717, 1.165) is 15.7 Å². The number of carbonyl (C=O) groups is 2. The van der Waals surface area contributed by atoms with Crippen LogP contribution in [0.25, 0.3) is 0 Å². The van der Waals surface area contributed by atoms with Crippen molar-refractivity contribution in [2.24, 2.45) is 0 Å². The smallest absolute Gasteiger partial charge is 0.305 e. The molecule has 90 valence electrons. The molecule has 1 heterocycles. The van der Waals surface area contributed by atoms with Gasteiger partial charge in [0.25, 0.3) is 0 Å². The van der Waals surface area contributed by atoms with Crippen LogP contribution in [-0.4, -0.2) is 23.0 Å². The van der Waals surface area contributed by atoms with Gasteiger partial charge in [-0.1, -0.05) is 15.9 Å². The molecule has 0 fully saturated rings. The van der Waals surface area contributed by atoms with Gasteiger partial charge in [0.1, 0.15) is 6.04 Å². The topological polar surface area (TPSA) is 78.4 Å². The molecule has 1 amide bonds. The summed E-state index contributed by atoms with van der Waals surface area (Å²) in [7, 11) is 0. The number of fused-ring (bicyclic) bond motifs is 1. The van der Waals surface area contributed by atoms with Crippen molar-refractivity contribution in [1.29, 1.82) is 0 Å². The first kappa shape index (κ1) is 11.9. The second-order valence-corrected chi connectivity index (χ2v) is 4.73. The second kappa shape index (κ2) is 4.75. The summed E-state index contributed by atoms with van der Waals surface area (Å²) in [6.07, 6.45) is -0.235. The maximum Gasteiger partial charge on any atom is 0.305 e. The van der Waals surface area contributed by atoms with Crippen LogP contribution in [0.15, 0.2) is 22.7 Å². The van der Waals surface area contributed by atoms with Crippen LogP contribution in [0.3, 0.4) is 0 Å². The van der Waals surface area contributed by atoms with Gasteiger partial charge >= 0.3 is 5.97 Å². The van der Waals surface area contributed by atoms with Crippen molar-refractivity contribution >= 4 is 33.5 Å². The van der Waals surface area contributed by atoms with Crippen molar-refractivity contribution in [3.8, 4) is 0 Å². The number of halogens is 1. The molecule has 17 heavy (non-hydrogen) atoms. The predicted molar refractivity (Wildman–Crippen MR) is 65.7 cm³/mol. The Morgan fingerprint density at radius 2 is 2.29 bits per heavy atom. The van der Waals surface area contributed by atoms with E-state index < -0.39 is 12.0 Å². The third kappa shape index (κ3) is 2.76. The lowest BCUT2D eigenvalue weighted by Crippen LogP contribution is -2.38. The monoisotopic (exact) mass is 298 g/mol. The van der Waals surface area contributed by atoms with E-state index in [4.69, 9.17) is 5.11 Å². The van der Waals surface area contributed by atoms with E-state index in [1.807, 2.05) is 18.2 Å². The molecule has 6 heteroatoms. The van der Waals surface area contributed by atoms with Crippen LogP contribution in [0.4, 0.5) is 5.69 Å². The van der Waals surface area contributed by atoms with Crippen LogP contribution in [0.5, 0.6) is 0 Å². The molecule has 0 radical (unpaired) electrons. The third-order valence-corrected chi connectivity index (χ3v) is 3.04. The van der Waals surface area contributed by atoms with E-state index in [-0.39, 0.29) is 12.3 Å². The molecule has 0 aromatic heterocycles. The molecule has 0 saturated heterocycles. The number of aliphatic carboxylic acids is 1. The average molecular weight is 299 g/mol. The van der Waals surface area contributed by atoms with Gasteiger partial charge in [0.2, 0.25) is 5.91 Å². The Bertz CT molecular complexity index is 476. The normalized spacial score (nSPS) is 18.6. The quantitative estimate of drug-likeness (QED) is 0.770. The Morgan fingerprint density at radius 1 is 1.53 bits per heavy atom. The van der Waals surface area contributed by atoms with Crippen molar-refractivity contribution in [2.45, 2.75) is 19.0 Å². The fourth-order valence-corrected chi connectivity index (χ4v) is 2.13. The molecule has 3 N–H and O–H groups in total. The predicted octanol–water partition coefficient (Wildman–Crippen LogP) is 1.33. The average Bonchev–Trinajstić information content (AvgIpc) is 2.40. The standard InChI is InChI=1S/C11H11BrN2O3/c12-7-1-2-8-6(3-7)5-13-11(17)9(14-8)4-10(15)16/h1-3,9,14H,4-5H2,(H,13,17)(H,15,16). The van der Waals surface area contributed by atoms with Crippen molar-refractivity contribution in [3.05, 3.63) is 28.2 Å². The molecule has 2 rings (SSSR count). The Labute approximate surface area is 106 Å². The highest BCUT2D eigenvalue weighted by atomic mass is 79.9. The van der Waals surface area contributed by atoms with E-state index in [9.17, 15) is 9.59 Å². The molecule has 5 nitrogen and oxygen atoms in total. The zero-order chi connectivity index (χ0) is 12.4. The van der Waals surface area contributed by atoms with Crippen molar-refractivity contribution in [1.82, 2.24) is 5.32 Å². The minimum atomic E-state index is -1.00. The summed E-state index contributed by atoms with van der Waals surface area (Å²) in [5.41, 5.74) is 1.72. The number of carboxylic acid groups (broad SMARTS) is 1. The van der Waals surface area contributed by atoms with Crippen LogP contribution in [-0.2, 0) is 16.1 Å². The van der Waals surface area contributed by atoms with Crippen LogP contribution in [0, 0.1) is 0 Å². The van der Waals surface area contributed by atoms with Gasteiger partial charge < -0.3 is 15.7 Å². The number of anilines is 1. The lowest BCUT2D eigenvalue weighted by atomic mass is 10.1. The molecular formula is C11H11BrN2O3. The number of hydrogen-bond acceptors (Lipinski definition) is 3. The summed E-state index contributed by atoms with van der Waals surface area (Å²) in [4.78, 5) is 22.3. The largest absolute Gasteiger partial charge is 0.481 e. The maximum absolute atomic E-state index is 11.7. The molecule has 1 aromatic carbocycles. The van der Waals surface area contributed by atoms with Crippen LogP contribution in [0.1, 0.15) is 12.0 Å². The summed E-state index contributed by atoms with van der Waals surface area (Å²) in [5, 5.41) is 14.4. The van der Waals surface area contributed by atoms with E-state index in [1.165, 1.54) is 0 Å². The highest BCUT2D eigenvalue weighted by Gasteiger charge is 2.25. The fourth-order valence-electron chi connectivity index (χ4n) is 1.73. The third-order valence-electron chi connectivity index (χ3n) is 2.55. The first-order chi connectivity index (χ1) is 8.06. The van der Waals surface area contributed by atoms with E-state index >= 15 is 0 Å². The number of carboxylic acids is 1. The van der Waals surface area contributed by atoms with Gasteiger partial charge in [0.15, 0.2) is 0 Å². The van der Waals surface area contributed by atoms with Crippen LogP contribution < -0.4 is 10.6 Å². The molecule has 1 aliphatic rings. The van der Waals surface area contributed by atoms with Gasteiger partial charge in [-0.25, -0.2) is 0 Å². The van der Waals surface area contributed by atoms with Crippen molar-refractivity contribution < 1.29 is 14.7 Å². The number of benzene rings is 1. The molecule has 1 atom stereocenters. The zero-order valence-corrected chi connectivity index (χ0v) is 10.5. The lowest BCUT2D eigenvalue weighted by molar-refractivity contribution is -0.139. The van der Waals surface area contributed by atoms with Crippen molar-refractivity contribution in [2.75, 3.05) is 5.32 Å². The molecule has 1 unspecified atom stereocenters. The molecule has 0 saturated carbocycles. The number of nitrogens with one attached hydrogen (secondary N) is 2. The number of amides is 1. The minimum Gasteiger partial charge on any atom is -0.481 e. The van der Waals surface area contributed by atoms with Crippen LogP contribution in [0.2, 0.25) is 0 Å². The molecule has 0 spiro atoms. The summed E-state index contributed by atoms with van der Waals surface area (Å²) in [5.74, 6) is -1.29. The fraction of sp³-hybridized carbons (Fsp3) is 0.273. The van der Waals surface area contributed by atoms with Crippen LogP contribution >= 0.6 is 15.9 Å². The Kier molecular flexibility index (Phi) is 3.33. The highest BCUT2D eigenvalue weighted by Crippen LogP contribution is 2.24. The van der Waals surface area contributed by atoms with E-state index in [1.54, 1.807) is 0 Å². The molecule has 1 aromatic rings. The molecule has 0 aliphatic carbocycles. The van der Waals surface area contributed by atoms with Crippen molar-refractivity contribution in [3.63, 3.8) is 0 Å². The summed E-state index contributed by atoms with van der Waals surface area (Å²) >= 11 is 3.35. The Morgan fingerprint density at radius 3 is 3.00 bits per heavy atom. The zero-order valence-electron chi connectivity index (χ0n) is 8.87. The first-order valence-electron chi connectivity index (χ1n) is 5.11. The number of hydrogen-bond donors (Lipinski definition) is 3. The van der Waals surface area contributed by atoms with E-state index in [0.29, 0.717) is 6.54 Å². The van der Waals surface area contributed by atoms with Gasteiger partial charge in [-0.15, -0.1) is 0 Å². The Balaban J connectivity index is 2.27.